The predicted molar refractivity (Wildman–Crippen MR) is 377 cm³/mol. The first kappa shape index (κ1) is 78.5. The van der Waals surface area contributed by atoms with Gasteiger partial charge in [0, 0.05) is 65.9 Å². The number of amides is 7. The van der Waals surface area contributed by atoms with E-state index in [1.807, 2.05) is 68.5 Å². The molecule has 2 unspecified atom stereocenters. The van der Waals surface area contributed by atoms with Gasteiger partial charge in [-0.2, -0.15) is 0 Å². The number of benzene rings is 3. The summed E-state index contributed by atoms with van der Waals surface area (Å²) in [5.41, 5.74) is 7.58. The van der Waals surface area contributed by atoms with E-state index in [1.165, 1.54) is 0 Å². The van der Waals surface area contributed by atoms with Crippen LogP contribution in [0.15, 0.2) is 96.6 Å². The second kappa shape index (κ2) is 37.2. The Kier molecular flexibility index (Phi) is 28.3. The number of aliphatic hydroxyl groups excluding tert-OH is 1. The zero-order valence-corrected chi connectivity index (χ0v) is 59.6. The number of aliphatic hydroxyl groups is 1. The highest BCUT2D eigenvalue weighted by molar-refractivity contribution is 6.01. The lowest BCUT2D eigenvalue weighted by atomic mass is 9.46. The molecule has 4 aliphatic carbocycles. The zero-order valence-electron chi connectivity index (χ0n) is 59.6. The molecule has 3 aromatic rings. The van der Waals surface area contributed by atoms with Gasteiger partial charge in [0.2, 0.25) is 35.3 Å². The monoisotopic (exact) mass is 1430 g/mol. The van der Waals surface area contributed by atoms with Crippen LogP contribution < -0.4 is 37.2 Å². The maximum Gasteiger partial charge on any atom is 0.312 e. The second-order valence-electron chi connectivity index (χ2n) is 27.8. The Balaban J connectivity index is 0.624. The van der Waals surface area contributed by atoms with Crippen molar-refractivity contribution in [3.8, 4) is 11.8 Å². The van der Waals surface area contributed by atoms with Crippen LogP contribution >= 0.6 is 0 Å². The number of nitrogens with two attached hydrogens (primary N) is 1. The van der Waals surface area contributed by atoms with Gasteiger partial charge in [-0.25, -0.2) is 4.79 Å². The van der Waals surface area contributed by atoms with Gasteiger partial charge in [-0.3, -0.25) is 43.2 Å². The average molecular weight is 1430 g/mol. The van der Waals surface area contributed by atoms with E-state index in [9.17, 15) is 53.1 Å². The summed E-state index contributed by atoms with van der Waals surface area (Å²) in [6, 6.07) is 18.7. The third-order valence-electron chi connectivity index (χ3n) is 20.5. The lowest BCUT2D eigenvalue weighted by molar-refractivity contribution is -0.201. The maximum absolute atomic E-state index is 14.6. The molecule has 0 radical (unpaired) electrons. The smallest absolute Gasteiger partial charge is 0.312 e. The van der Waals surface area contributed by atoms with Gasteiger partial charge >= 0.3 is 18.0 Å². The quantitative estimate of drug-likeness (QED) is 0.0193. The summed E-state index contributed by atoms with van der Waals surface area (Å²) < 4.78 is 46.5. The van der Waals surface area contributed by atoms with Crippen molar-refractivity contribution < 1.29 is 90.9 Å². The second-order valence-corrected chi connectivity index (χ2v) is 27.8. The first-order chi connectivity index (χ1) is 49.5. The minimum Gasteiger partial charge on any atom is -0.461 e. The fraction of sp³-hybridized carbons (Fsp3) is 0.558. The number of primary amides is 1. The van der Waals surface area contributed by atoms with Crippen molar-refractivity contribution in [2.75, 3.05) is 82.8 Å². The third-order valence-corrected chi connectivity index (χ3v) is 20.5. The summed E-state index contributed by atoms with van der Waals surface area (Å²) >= 11 is 0. The van der Waals surface area contributed by atoms with Crippen molar-refractivity contribution in [2.24, 2.45) is 40.2 Å². The lowest BCUT2D eigenvalue weighted by Crippen LogP contribution is -2.63. The standard InChI is InChI=1S/C77H99N7O19/c1-6-12-69-102-63-44-58-57-25-22-54-43-56(85)30-32-75(54,4)70(57)61(86)45-76(58,5)77(63,103-69)62(87)48-101-68(92)29-28-67(91)100-47-50-18-23-55(24-19-50)81-72(93)59(16-11-33-80-74(78)95)82-73(94)71(49(2)3)83-65(89)31-35-96-37-39-98-41-42-99-40-38-97-36-34-79-64(88)26-27-66(90)84-46-53-15-8-7-13-51(53)20-21-52-14-9-10-17-60(52)84/h7-10,13-15,17-19,23-24,30,32,43,49,57-59,61,63,69-71,86H,6,11-12,16,22,25-29,31,33-42,44-48H2,1-5H3,(H,79,88)(H,81,93)(H,82,94)(H,83,89)(H3,78,80,95)/t57-,58-,59-,61-,63+,69?,70?,71-,75-,76-,77+/m0/s1. The molecule has 1 saturated heterocycles. The zero-order chi connectivity index (χ0) is 73.7. The molecule has 2 heterocycles. The Morgan fingerprint density at radius 2 is 1.42 bits per heavy atom. The summed E-state index contributed by atoms with van der Waals surface area (Å²) in [7, 11) is 0. The van der Waals surface area contributed by atoms with Crippen LogP contribution in [0.2, 0.25) is 0 Å². The number of nitrogens with zero attached hydrogens (tertiary/aromatic N) is 1. The predicted octanol–water partition coefficient (Wildman–Crippen LogP) is 6.10. The molecule has 556 valence electrons. The molecule has 4 fully saturated rings. The summed E-state index contributed by atoms with van der Waals surface area (Å²) in [5.74, 6) is 1.69. The van der Waals surface area contributed by atoms with Gasteiger partial charge in [-0.05, 0) is 116 Å². The topological polar surface area (TPSA) is 354 Å². The Labute approximate surface area is 601 Å². The van der Waals surface area contributed by atoms with E-state index in [2.05, 4.69) is 45.3 Å². The summed E-state index contributed by atoms with van der Waals surface area (Å²) in [5, 5.41) is 25.6. The molecule has 2 aliphatic heterocycles. The molecule has 0 spiro atoms. The Morgan fingerprint density at radius 3 is 2.13 bits per heavy atom. The number of hydrogen-bond donors (Lipinski definition) is 7. The van der Waals surface area contributed by atoms with Crippen LogP contribution in [0, 0.1) is 46.3 Å². The number of urea groups is 1. The number of ether oxygens (including phenoxy) is 8. The number of nitrogens with one attached hydrogen (secondary N) is 5. The molecule has 0 aromatic heterocycles. The minimum absolute atomic E-state index is 0.0106. The van der Waals surface area contributed by atoms with Gasteiger partial charge in [0.1, 0.15) is 18.7 Å². The number of carbonyl (C=O) groups excluding carboxylic acids is 10. The number of ketones is 2. The van der Waals surface area contributed by atoms with E-state index < -0.39 is 95.1 Å². The molecule has 9 rings (SSSR count). The van der Waals surface area contributed by atoms with Crippen LogP contribution in [0.5, 0.6) is 0 Å². The highest BCUT2D eigenvalue weighted by atomic mass is 16.7. The number of rotatable bonds is 38. The van der Waals surface area contributed by atoms with Crippen LogP contribution in [0.4, 0.5) is 16.2 Å². The molecule has 26 nitrogen and oxygen atoms in total. The molecular weight excluding hydrogens is 1330 g/mol. The largest absolute Gasteiger partial charge is 0.461 e. The van der Waals surface area contributed by atoms with E-state index >= 15 is 0 Å². The van der Waals surface area contributed by atoms with Gasteiger partial charge in [-0.15, -0.1) is 0 Å². The number of carbonyl (C=O) groups is 10. The molecule has 103 heavy (non-hydrogen) atoms. The fourth-order valence-corrected chi connectivity index (χ4v) is 15.4. The Bertz CT molecular complexity index is 3660. The number of fused-ring (bicyclic) bond motifs is 9. The molecular formula is C77H99N7O19. The molecule has 8 N–H and O–H groups in total. The van der Waals surface area contributed by atoms with E-state index in [-0.39, 0.29) is 145 Å². The average Bonchev–Trinajstić information content (AvgIpc) is 1.53. The van der Waals surface area contributed by atoms with Gasteiger partial charge < -0.3 is 80.2 Å². The van der Waals surface area contributed by atoms with Gasteiger partial charge in [0.15, 0.2) is 24.3 Å². The number of anilines is 2. The van der Waals surface area contributed by atoms with Crippen LogP contribution in [0.1, 0.15) is 140 Å². The third kappa shape index (κ3) is 20.2. The van der Waals surface area contributed by atoms with Crippen molar-refractivity contribution in [2.45, 2.75) is 167 Å². The van der Waals surface area contributed by atoms with Crippen molar-refractivity contribution in [3.63, 3.8) is 0 Å². The summed E-state index contributed by atoms with van der Waals surface area (Å²) in [6.07, 6.45) is 6.27. The number of Topliss-reactive ketones (excluding diaryl/α,β-unsaturated/α-hetero) is 1. The number of allylic oxidation sites excluding steroid dienone is 4. The van der Waals surface area contributed by atoms with Gasteiger partial charge in [0.05, 0.1) is 90.1 Å². The first-order valence-corrected chi connectivity index (χ1v) is 35.9. The Hall–Kier alpha value is -8.68. The van der Waals surface area contributed by atoms with Gasteiger partial charge in [0.25, 0.3) is 0 Å². The number of esters is 2. The molecule has 0 bridgehead atoms. The summed E-state index contributed by atoms with van der Waals surface area (Å²) in [4.78, 5) is 133. The highest BCUT2D eigenvalue weighted by Gasteiger charge is 2.76. The number of hydrogen-bond acceptors (Lipinski definition) is 19. The van der Waals surface area contributed by atoms with Crippen LogP contribution in [-0.2, 0) is 94.2 Å². The van der Waals surface area contributed by atoms with Crippen LogP contribution in [0.3, 0.4) is 0 Å². The minimum atomic E-state index is -1.48. The van der Waals surface area contributed by atoms with Gasteiger partial charge in [-0.1, -0.05) is 107 Å². The molecule has 11 atom stereocenters. The van der Waals surface area contributed by atoms with Crippen molar-refractivity contribution in [1.29, 1.82) is 0 Å². The lowest BCUT2D eigenvalue weighted by Gasteiger charge is -2.59. The molecule has 6 aliphatic rings. The number of para-hydroxylation sites is 1. The van der Waals surface area contributed by atoms with Crippen molar-refractivity contribution in [1.82, 2.24) is 21.3 Å². The first-order valence-electron chi connectivity index (χ1n) is 35.9. The molecule has 3 aromatic carbocycles. The molecule has 3 saturated carbocycles. The van der Waals surface area contributed by atoms with E-state index in [0.29, 0.717) is 62.6 Å². The van der Waals surface area contributed by atoms with E-state index in [4.69, 9.17) is 43.6 Å². The SMILES string of the molecule is CCCC1O[C@@H]2C[C@H]3[C@@H]4CCC5=CC(=O)C=C[C@]5(C)C4[C@@H](O)C[C@]3(C)[C@]2(C(=O)COC(=O)CCC(=O)OCc2ccc(NC(=O)[C@H](CCCNC(N)=O)NC(=O)[C@@H](NC(=O)CCOCCOCCOCCOCCNC(=O)CCC(=O)N3Cc4ccccc4C#Cc4ccccc43)C(C)C)cc2)O1. The van der Waals surface area contributed by atoms with E-state index in [0.717, 1.165) is 35.1 Å². The van der Waals surface area contributed by atoms with Crippen molar-refractivity contribution in [3.05, 3.63) is 119 Å². The Morgan fingerprint density at radius 1 is 0.748 bits per heavy atom. The van der Waals surface area contributed by atoms with Crippen LogP contribution in [0.25, 0.3) is 0 Å². The normalized spacial score (nSPS) is 23.9. The summed E-state index contributed by atoms with van der Waals surface area (Å²) in [6.45, 7) is 11.4. The van der Waals surface area contributed by atoms with Crippen LogP contribution in [-0.4, -0.2) is 173 Å². The molecule has 26 heteroatoms. The van der Waals surface area contributed by atoms with E-state index in [1.54, 1.807) is 55.2 Å². The molecule has 7 amide bonds. The van der Waals surface area contributed by atoms with Crippen molar-refractivity contribution >= 4 is 70.4 Å². The highest BCUT2D eigenvalue weighted by Crippen LogP contribution is 2.70. The fourth-order valence-electron chi connectivity index (χ4n) is 15.4. The maximum atomic E-state index is 14.6.